The molecule has 0 saturated carbocycles. The number of halogens is 3. The van der Waals surface area contributed by atoms with Gasteiger partial charge in [-0.2, -0.15) is 0 Å². The highest BCUT2D eigenvalue weighted by Crippen LogP contribution is 2.24. The van der Waals surface area contributed by atoms with Gasteiger partial charge in [-0.3, -0.25) is 0 Å². The summed E-state index contributed by atoms with van der Waals surface area (Å²) in [5.74, 6) is 0.369. The maximum atomic E-state index is 12.2. The standard InChI is InChI=1S/C16H22F3NO/c1-4-13(11-20-10-12(2)3)8-14-6-5-7-15(9-14)21-16(17,18)19/h5-9,12,20H,4,10-11H2,1-3H3/b13-8-. The summed E-state index contributed by atoms with van der Waals surface area (Å²) < 4.78 is 40.5. The second-order valence-electron chi connectivity index (χ2n) is 5.30. The molecule has 0 bridgehead atoms. The zero-order chi connectivity index (χ0) is 15.9. The molecule has 0 amide bonds. The van der Waals surface area contributed by atoms with Gasteiger partial charge in [-0.15, -0.1) is 13.2 Å². The predicted molar refractivity (Wildman–Crippen MR) is 79.1 cm³/mol. The van der Waals surface area contributed by atoms with Gasteiger partial charge in [0.15, 0.2) is 0 Å². The second-order valence-corrected chi connectivity index (χ2v) is 5.30. The lowest BCUT2D eigenvalue weighted by Gasteiger charge is -2.11. The molecule has 1 rings (SSSR count). The van der Waals surface area contributed by atoms with Crippen LogP contribution in [0.3, 0.4) is 0 Å². The number of hydrogen-bond acceptors (Lipinski definition) is 2. The smallest absolute Gasteiger partial charge is 0.406 e. The van der Waals surface area contributed by atoms with Crippen molar-refractivity contribution in [3.05, 3.63) is 35.4 Å². The quantitative estimate of drug-likeness (QED) is 0.793. The fourth-order valence-corrected chi connectivity index (χ4v) is 1.84. The maximum absolute atomic E-state index is 12.2. The Morgan fingerprint density at radius 1 is 1.33 bits per heavy atom. The van der Waals surface area contributed by atoms with Crippen LogP contribution < -0.4 is 10.1 Å². The van der Waals surface area contributed by atoms with Crippen LogP contribution in [0.1, 0.15) is 32.8 Å². The van der Waals surface area contributed by atoms with Crippen molar-refractivity contribution >= 4 is 6.08 Å². The Balaban J connectivity index is 2.74. The summed E-state index contributed by atoms with van der Waals surface area (Å²) in [4.78, 5) is 0. The minimum Gasteiger partial charge on any atom is -0.406 e. The lowest BCUT2D eigenvalue weighted by Crippen LogP contribution is -2.21. The molecular weight excluding hydrogens is 279 g/mol. The normalized spacial score (nSPS) is 12.8. The molecule has 0 saturated heterocycles. The van der Waals surface area contributed by atoms with Crippen LogP contribution in [0, 0.1) is 5.92 Å². The monoisotopic (exact) mass is 301 g/mol. The molecule has 21 heavy (non-hydrogen) atoms. The Morgan fingerprint density at radius 2 is 2.05 bits per heavy atom. The first kappa shape index (κ1) is 17.6. The van der Waals surface area contributed by atoms with Gasteiger partial charge >= 0.3 is 6.36 Å². The van der Waals surface area contributed by atoms with Gasteiger partial charge in [0.25, 0.3) is 0 Å². The number of benzene rings is 1. The van der Waals surface area contributed by atoms with Crippen molar-refractivity contribution in [3.63, 3.8) is 0 Å². The molecule has 0 aliphatic heterocycles. The molecule has 0 aliphatic carbocycles. The molecule has 0 unspecified atom stereocenters. The number of alkyl halides is 3. The molecule has 0 atom stereocenters. The van der Waals surface area contributed by atoms with Crippen LogP contribution in [0.25, 0.3) is 6.08 Å². The summed E-state index contributed by atoms with van der Waals surface area (Å²) in [5.41, 5.74) is 1.85. The van der Waals surface area contributed by atoms with E-state index in [4.69, 9.17) is 0 Å². The highest BCUT2D eigenvalue weighted by molar-refractivity contribution is 5.55. The third kappa shape index (κ3) is 7.75. The third-order valence-corrected chi connectivity index (χ3v) is 2.82. The first-order valence-corrected chi connectivity index (χ1v) is 7.06. The van der Waals surface area contributed by atoms with E-state index in [0.29, 0.717) is 11.5 Å². The average molecular weight is 301 g/mol. The number of ether oxygens (including phenoxy) is 1. The highest BCUT2D eigenvalue weighted by Gasteiger charge is 2.30. The van der Waals surface area contributed by atoms with Gasteiger partial charge < -0.3 is 10.1 Å². The number of rotatable bonds is 7. The number of nitrogens with one attached hydrogen (secondary N) is 1. The Hall–Kier alpha value is -1.49. The van der Waals surface area contributed by atoms with Crippen molar-refractivity contribution in [1.82, 2.24) is 5.32 Å². The van der Waals surface area contributed by atoms with Crippen LogP contribution in [0.2, 0.25) is 0 Å². The summed E-state index contributed by atoms with van der Waals surface area (Å²) in [7, 11) is 0. The molecule has 118 valence electrons. The first-order valence-electron chi connectivity index (χ1n) is 7.06. The molecular formula is C16H22F3NO. The van der Waals surface area contributed by atoms with Crippen LogP contribution in [0.5, 0.6) is 5.75 Å². The Bertz CT molecular complexity index is 467. The van der Waals surface area contributed by atoms with Gasteiger partial charge in [-0.1, -0.05) is 44.6 Å². The second kappa shape index (κ2) is 8.08. The zero-order valence-electron chi connectivity index (χ0n) is 12.6. The van der Waals surface area contributed by atoms with E-state index in [9.17, 15) is 13.2 Å². The summed E-state index contributed by atoms with van der Waals surface area (Å²) in [6.07, 6.45) is -1.92. The van der Waals surface area contributed by atoms with Crippen molar-refractivity contribution in [3.8, 4) is 5.75 Å². The molecule has 1 N–H and O–H groups in total. The van der Waals surface area contributed by atoms with E-state index in [1.54, 1.807) is 12.1 Å². The summed E-state index contributed by atoms with van der Waals surface area (Å²) >= 11 is 0. The van der Waals surface area contributed by atoms with Crippen LogP contribution in [-0.2, 0) is 0 Å². The Morgan fingerprint density at radius 3 is 2.62 bits per heavy atom. The van der Waals surface area contributed by atoms with Crippen LogP contribution >= 0.6 is 0 Å². The van der Waals surface area contributed by atoms with Crippen LogP contribution in [0.15, 0.2) is 29.8 Å². The van der Waals surface area contributed by atoms with E-state index < -0.39 is 6.36 Å². The number of hydrogen-bond donors (Lipinski definition) is 1. The van der Waals surface area contributed by atoms with Crippen molar-refractivity contribution in [1.29, 1.82) is 0 Å². The van der Waals surface area contributed by atoms with Crippen molar-refractivity contribution in [2.24, 2.45) is 5.92 Å². The topological polar surface area (TPSA) is 21.3 Å². The summed E-state index contributed by atoms with van der Waals surface area (Å²) in [6.45, 7) is 7.92. The van der Waals surface area contributed by atoms with Crippen molar-refractivity contribution in [2.45, 2.75) is 33.6 Å². The largest absolute Gasteiger partial charge is 0.573 e. The molecule has 0 aromatic heterocycles. The van der Waals surface area contributed by atoms with E-state index in [1.807, 2.05) is 13.0 Å². The summed E-state index contributed by atoms with van der Waals surface area (Å²) in [5, 5.41) is 3.33. The van der Waals surface area contributed by atoms with Crippen molar-refractivity contribution in [2.75, 3.05) is 13.1 Å². The average Bonchev–Trinajstić information content (AvgIpc) is 2.35. The van der Waals surface area contributed by atoms with Crippen LogP contribution in [0.4, 0.5) is 13.2 Å². The SMILES string of the molecule is CC/C(=C/c1cccc(OC(F)(F)F)c1)CNCC(C)C. The van der Waals surface area contributed by atoms with Gasteiger partial charge in [0.1, 0.15) is 5.75 Å². The van der Waals surface area contributed by atoms with E-state index >= 15 is 0 Å². The highest BCUT2D eigenvalue weighted by atomic mass is 19.4. The maximum Gasteiger partial charge on any atom is 0.573 e. The third-order valence-electron chi connectivity index (χ3n) is 2.82. The van der Waals surface area contributed by atoms with Gasteiger partial charge in [0.05, 0.1) is 0 Å². The van der Waals surface area contributed by atoms with Gasteiger partial charge in [0.2, 0.25) is 0 Å². The minimum atomic E-state index is -4.66. The fraction of sp³-hybridized carbons (Fsp3) is 0.500. The molecule has 0 heterocycles. The lowest BCUT2D eigenvalue weighted by atomic mass is 10.1. The first-order chi connectivity index (χ1) is 9.80. The van der Waals surface area contributed by atoms with Crippen LogP contribution in [-0.4, -0.2) is 19.5 Å². The molecule has 0 aliphatic rings. The molecule has 1 aromatic rings. The van der Waals surface area contributed by atoms with E-state index in [2.05, 4.69) is 23.9 Å². The van der Waals surface area contributed by atoms with Gasteiger partial charge in [0, 0.05) is 6.54 Å². The summed E-state index contributed by atoms with van der Waals surface area (Å²) in [6, 6.07) is 6.02. The molecule has 0 fully saturated rings. The fourth-order valence-electron chi connectivity index (χ4n) is 1.84. The van der Waals surface area contributed by atoms with E-state index in [0.717, 1.165) is 25.1 Å². The molecule has 2 nitrogen and oxygen atoms in total. The molecule has 0 radical (unpaired) electrons. The van der Waals surface area contributed by atoms with Crippen molar-refractivity contribution < 1.29 is 17.9 Å². The molecule has 5 heteroatoms. The Kier molecular flexibility index (Phi) is 6.75. The minimum absolute atomic E-state index is 0.193. The van der Waals surface area contributed by atoms with E-state index in [-0.39, 0.29) is 5.75 Å². The zero-order valence-corrected chi connectivity index (χ0v) is 12.6. The van der Waals surface area contributed by atoms with Gasteiger partial charge in [-0.25, -0.2) is 0 Å². The molecule has 1 aromatic carbocycles. The molecule has 0 spiro atoms. The van der Waals surface area contributed by atoms with Gasteiger partial charge in [-0.05, 0) is 36.6 Å². The predicted octanol–water partition coefficient (Wildman–Crippen LogP) is 4.62. The van der Waals surface area contributed by atoms with E-state index in [1.165, 1.54) is 12.1 Å². The lowest BCUT2D eigenvalue weighted by molar-refractivity contribution is -0.274. The Labute approximate surface area is 124 Å².